The predicted octanol–water partition coefficient (Wildman–Crippen LogP) is 4.81. The summed E-state index contributed by atoms with van der Waals surface area (Å²) in [5.41, 5.74) is 0.849. The van der Waals surface area contributed by atoms with Crippen molar-refractivity contribution in [3.8, 4) is 0 Å². The van der Waals surface area contributed by atoms with E-state index in [0.29, 0.717) is 28.3 Å². The second-order valence-corrected chi connectivity index (χ2v) is 8.05. The lowest BCUT2D eigenvalue weighted by Crippen LogP contribution is -2.56. The molecule has 2 aromatic rings. The summed E-state index contributed by atoms with van der Waals surface area (Å²) in [5, 5.41) is 8.08. The van der Waals surface area contributed by atoms with Crippen molar-refractivity contribution in [1.82, 2.24) is 10.2 Å². The van der Waals surface area contributed by atoms with E-state index in [1.165, 1.54) is 19.3 Å². The molecule has 4 nitrogen and oxygen atoms in total. The van der Waals surface area contributed by atoms with Crippen LogP contribution in [-0.4, -0.2) is 28.1 Å². The fourth-order valence-corrected chi connectivity index (χ4v) is 4.80. The number of benzene rings is 1. The number of para-hydroxylation sites is 1. The average Bonchev–Trinajstić information content (AvgIpc) is 3.11. The molecule has 2 aliphatic rings. The topological polar surface area (TPSA) is 40.4 Å². The van der Waals surface area contributed by atoms with Crippen molar-refractivity contribution in [2.75, 3.05) is 5.32 Å². The van der Waals surface area contributed by atoms with Crippen LogP contribution < -0.4 is 10.6 Å². The summed E-state index contributed by atoms with van der Waals surface area (Å²) in [6.45, 7) is 0.914. The third-order valence-electron chi connectivity index (χ3n) is 5.50. The molecular weight excluding hydrogens is 366 g/mol. The lowest BCUT2D eigenvalue weighted by molar-refractivity contribution is 0.0161. The highest BCUT2D eigenvalue weighted by atomic mass is 35.5. The van der Waals surface area contributed by atoms with Gasteiger partial charge in [-0.2, -0.15) is 0 Å². The zero-order valence-electron chi connectivity index (χ0n) is 14.7. The molecule has 1 aromatic carbocycles. The number of fused-ring (bicyclic) bond motifs is 2. The van der Waals surface area contributed by atoms with E-state index in [1.54, 1.807) is 6.26 Å². The molecule has 1 unspecified atom stereocenters. The minimum Gasteiger partial charge on any atom is -0.468 e. The van der Waals surface area contributed by atoms with E-state index in [0.717, 1.165) is 30.8 Å². The van der Waals surface area contributed by atoms with Crippen LogP contribution in [0.2, 0.25) is 5.02 Å². The minimum atomic E-state index is 0.403. The van der Waals surface area contributed by atoms with Crippen molar-refractivity contribution in [3.63, 3.8) is 0 Å². The number of thiocarbonyl (C=S) groups is 1. The normalized spacial score (nSPS) is 25.7. The van der Waals surface area contributed by atoms with Crippen LogP contribution in [0.15, 0.2) is 47.1 Å². The van der Waals surface area contributed by atoms with Gasteiger partial charge in [-0.15, -0.1) is 0 Å². The Hall–Kier alpha value is -1.56. The average molecular weight is 390 g/mol. The van der Waals surface area contributed by atoms with Crippen molar-refractivity contribution < 1.29 is 4.42 Å². The van der Waals surface area contributed by atoms with Gasteiger partial charge in [0.15, 0.2) is 5.11 Å². The Morgan fingerprint density at radius 3 is 2.62 bits per heavy atom. The summed E-state index contributed by atoms with van der Waals surface area (Å²) < 4.78 is 5.57. The van der Waals surface area contributed by atoms with E-state index in [9.17, 15) is 0 Å². The van der Waals surface area contributed by atoms with E-state index in [4.69, 9.17) is 28.2 Å². The molecule has 3 heterocycles. The van der Waals surface area contributed by atoms with Crippen molar-refractivity contribution in [2.24, 2.45) is 0 Å². The maximum atomic E-state index is 6.21. The number of anilines is 1. The SMILES string of the molecule is S=C(Nc1ccccc1Cl)NC1C[C@H]2CCC[C@@H](C1)N2Cc1ccco1. The highest BCUT2D eigenvalue weighted by molar-refractivity contribution is 7.80. The van der Waals surface area contributed by atoms with Crippen LogP contribution in [0, 0.1) is 0 Å². The molecule has 0 saturated carbocycles. The van der Waals surface area contributed by atoms with Crippen LogP contribution in [0.1, 0.15) is 37.9 Å². The lowest BCUT2D eigenvalue weighted by atomic mass is 9.81. The van der Waals surface area contributed by atoms with Crippen LogP contribution in [0.25, 0.3) is 0 Å². The molecule has 2 N–H and O–H groups in total. The highest BCUT2D eigenvalue weighted by Crippen LogP contribution is 2.35. The Morgan fingerprint density at radius 1 is 1.15 bits per heavy atom. The van der Waals surface area contributed by atoms with Crippen molar-refractivity contribution >= 4 is 34.6 Å². The van der Waals surface area contributed by atoms with Gasteiger partial charge in [0.05, 0.1) is 23.5 Å². The number of piperidine rings is 2. The summed E-state index contributed by atoms with van der Waals surface area (Å²) in [6.07, 6.45) is 7.81. The first-order valence-corrected chi connectivity index (χ1v) is 10.1. The Kier molecular flexibility index (Phi) is 5.48. The standard InChI is InChI=1S/C20H24ClN3OS/c21-18-8-1-2-9-19(18)23-20(26)22-14-11-15-5-3-6-16(12-14)24(15)13-17-7-4-10-25-17/h1-2,4,7-10,14-16H,3,5-6,11-13H2,(H2,22,23,26)/t14?,15-,16+. The summed E-state index contributed by atoms with van der Waals surface area (Å²) in [5.74, 6) is 1.06. The van der Waals surface area contributed by atoms with Gasteiger partial charge in [0.2, 0.25) is 0 Å². The molecular formula is C20H24ClN3OS. The van der Waals surface area contributed by atoms with Gasteiger partial charge in [0.25, 0.3) is 0 Å². The zero-order chi connectivity index (χ0) is 17.9. The van der Waals surface area contributed by atoms with Gasteiger partial charge in [-0.1, -0.05) is 30.2 Å². The summed E-state index contributed by atoms with van der Waals surface area (Å²) >= 11 is 11.7. The molecule has 138 valence electrons. The summed E-state index contributed by atoms with van der Waals surface area (Å²) in [7, 11) is 0. The minimum absolute atomic E-state index is 0.403. The smallest absolute Gasteiger partial charge is 0.171 e. The van der Waals surface area contributed by atoms with Crippen molar-refractivity contribution in [1.29, 1.82) is 0 Å². The largest absolute Gasteiger partial charge is 0.468 e. The molecule has 0 radical (unpaired) electrons. The number of hydrogen-bond donors (Lipinski definition) is 2. The Labute approximate surface area is 164 Å². The van der Waals surface area contributed by atoms with Crippen molar-refractivity contribution in [2.45, 2.75) is 56.8 Å². The predicted molar refractivity (Wildman–Crippen MR) is 110 cm³/mol. The summed E-state index contributed by atoms with van der Waals surface area (Å²) in [4.78, 5) is 2.63. The zero-order valence-corrected chi connectivity index (χ0v) is 16.2. The van der Waals surface area contributed by atoms with E-state index in [-0.39, 0.29) is 0 Å². The molecule has 2 fully saturated rings. The van der Waals surface area contributed by atoms with Gasteiger partial charge in [-0.25, -0.2) is 0 Å². The molecule has 4 rings (SSSR count). The third-order valence-corrected chi connectivity index (χ3v) is 6.05. The van der Waals surface area contributed by atoms with Crippen molar-refractivity contribution in [3.05, 3.63) is 53.4 Å². The summed E-state index contributed by atoms with van der Waals surface area (Å²) in [6, 6.07) is 13.3. The Morgan fingerprint density at radius 2 is 1.92 bits per heavy atom. The highest BCUT2D eigenvalue weighted by Gasteiger charge is 2.38. The Balaban J connectivity index is 1.36. The fraction of sp³-hybridized carbons (Fsp3) is 0.450. The van der Waals surface area contributed by atoms with Gasteiger partial charge < -0.3 is 15.1 Å². The first-order chi connectivity index (χ1) is 12.7. The number of furan rings is 1. The van der Waals surface area contributed by atoms with Crippen LogP contribution in [0.4, 0.5) is 5.69 Å². The molecule has 1 aromatic heterocycles. The number of nitrogens with one attached hydrogen (secondary N) is 2. The third kappa shape index (κ3) is 4.05. The van der Waals surface area contributed by atoms with Gasteiger partial charge in [0, 0.05) is 18.1 Å². The monoisotopic (exact) mass is 389 g/mol. The van der Waals surface area contributed by atoms with E-state index in [2.05, 4.69) is 21.6 Å². The molecule has 0 spiro atoms. The number of nitrogens with zero attached hydrogens (tertiary/aromatic N) is 1. The molecule has 2 saturated heterocycles. The molecule has 26 heavy (non-hydrogen) atoms. The van der Waals surface area contributed by atoms with E-state index >= 15 is 0 Å². The van der Waals surface area contributed by atoms with Crippen LogP contribution in [0.3, 0.4) is 0 Å². The van der Waals surface area contributed by atoms with E-state index in [1.807, 2.05) is 30.3 Å². The van der Waals surface area contributed by atoms with Gasteiger partial charge in [-0.3, -0.25) is 4.90 Å². The Bertz CT molecular complexity index is 737. The molecule has 6 heteroatoms. The quantitative estimate of drug-likeness (QED) is 0.734. The van der Waals surface area contributed by atoms with E-state index < -0.39 is 0 Å². The van der Waals surface area contributed by atoms with Gasteiger partial charge in [-0.05, 0) is 62.2 Å². The first kappa shape index (κ1) is 17.8. The second kappa shape index (κ2) is 7.99. The molecule has 2 bridgehead atoms. The molecule has 0 amide bonds. The van der Waals surface area contributed by atoms with Crippen LogP contribution >= 0.6 is 23.8 Å². The molecule has 0 aliphatic carbocycles. The second-order valence-electron chi connectivity index (χ2n) is 7.24. The van der Waals surface area contributed by atoms with Gasteiger partial charge in [0.1, 0.15) is 5.76 Å². The number of halogens is 1. The fourth-order valence-electron chi connectivity index (χ4n) is 4.34. The maximum absolute atomic E-state index is 6.21. The van der Waals surface area contributed by atoms with Crippen LogP contribution in [-0.2, 0) is 6.54 Å². The maximum Gasteiger partial charge on any atom is 0.171 e. The van der Waals surface area contributed by atoms with Crippen LogP contribution in [0.5, 0.6) is 0 Å². The van der Waals surface area contributed by atoms with Gasteiger partial charge >= 0.3 is 0 Å². The number of hydrogen-bond acceptors (Lipinski definition) is 3. The lowest BCUT2D eigenvalue weighted by Gasteiger charge is -2.48. The molecule has 2 aliphatic heterocycles. The number of rotatable bonds is 4. The molecule has 3 atom stereocenters. The first-order valence-electron chi connectivity index (χ1n) is 9.29.